The average molecular weight is 374 g/mol. The molecule has 1 fully saturated rings. The normalized spacial score (nSPS) is 19.6. The second kappa shape index (κ2) is 6.68. The van der Waals surface area contributed by atoms with E-state index in [1.54, 1.807) is 30.2 Å². The molecule has 7 heteroatoms. The number of nitrogens with zero attached hydrogens (tertiary/aromatic N) is 3. The summed E-state index contributed by atoms with van der Waals surface area (Å²) in [4.78, 5) is 28.9. The van der Waals surface area contributed by atoms with Crippen molar-refractivity contribution in [2.45, 2.75) is 19.5 Å². The molecule has 1 aromatic carbocycles. The van der Waals surface area contributed by atoms with Crippen LogP contribution in [0.1, 0.15) is 12.1 Å². The number of fused-ring (bicyclic) bond motifs is 1. The van der Waals surface area contributed by atoms with Crippen molar-refractivity contribution in [2.24, 2.45) is 5.92 Å². The lowest BCUT2D eigenvalue weighted by atomic mass is 10.1. The topological polar surface area (TPSA) is 54.8 Å². The minimum absolute atomic E-state index is 0.0490. The van der Waals surface area contributed by atoms with Crippen LogP contribution >= 0.6 is 11.6 Å². The first-order chi connectivity index (χ1) is 12.6. The molecule has 2 aliphatic rings. The molecule has 1 aromatic heterocycles. The molecular weight excluding hydrogens is 354 g/mol. The third-order valence-electron chi connectivity index (χ3n) is 5.12. The molecule has 0 saturated carbocycles. The minimum atomic E-state index is -0.315. The number of amides is 2. The van der Waals surface area contributed by atoms with E-state index in [-0.39, 0.29) is 24.2 Å². The van der Waals surface area contributed by atoms with Gasteiger partial charge in [0, 0.05) is 43.6 Å². The maximum Gasteiger partial charge on any atom is 0.228 e. The maximum absolute atomic E-state index is 12.9. The molecule has 1 unspecified atom stereocenters. The number of rotatable bonds is 3. The Balaban J connectivity index is 1.47. The SMILES string of the molecule is COc1ccc(N2CC(C(=O)N3CCn4cccc4C3)CC2=O)cc1Cl. The first kappa shape index (κ1) is 17.0. The van der Waals surface area contributed by atoms with Crippen molar-refractivity contribution in [3.05, 3.63) is 47.2 Å². The van der Waals surface area contributed by atoms with E-state index in [9.17, 15) is 9.59 Å². The van der Waals surface area contributed by atoms with E-state index >= 15 is 0 Å². The van der Waals surface area contributed by atoms with Crippen LogP contribution < -0.4 is 9.64 Å². The molecule has 0 radical (unpaired) electrons. The molecule has 1 saturated heterocycles. The number of halogens is 1. The molecule has 2 aromatic rings. The molecule has 26 heavy (non-hydrogen) atoms. The van der Waals surface area contributed by atoms with Crippen LogP contribution in [0.25, 0.3) is 0 Å². The largest absolute Gasteiger partial charge is 0.495 e. The summed E-state index contributed by atoms with van der Waals surface area (Å²) in [6, 6.07) is 9.27. The van der Waals surface area contributed by atoms with Crippen LogP contribution in [-0.2, 0) is 22.7 Å². The second-order valence-electron chi connectivity index (χ2n) is 6.68. The van der Waals surface area contributed by atoms with Gasteiger partial charge in [0.1, 0.15) is 5.75 Å². The van der Waals surface area contributed by atoms with E-state index < -0.39 is 0 Å². The molecule has 0 aliphatic carbocycles. The summed E-state index contributed by atoms with van der Waals surface area (Å²) in [7, 11) is 1.55. The number of hydrogen-bond donors (Lipinski definition) is 0. The van der Waals surface area contributed by atoms with Crippen molar-refractivity contribution in [1.82, 2.24) is 9.47 Å². The molecular formula is C19H20ClN3O3. The monoisotopic (exact) mass is 373 g/mol. The molecule has 1 atom stereocenters. The zero-order valence-corrected chi connectivity index (χ0v) is 15.3. The van der Waals surface area contributed by atoms with Gasteiger partial charge in [-0.3, -0.25) is 9.59 Å². The number of carbonyl (C=O) groups is 2. The maximum atomic E-state index is 12.9. The van der Waals surface area contributed by atoms with E-state index in [4.69, 9.17) is 16.3 Å². The van der Waals surface area contributed by atoms with Gasteiger partial charge in [-0.05, 0) is 30.3 Å². The number of methoxy groups -OCH3 is 1. The van der Waals surface area contributed by atoms with Gasteiger partial charge >= 0.3 is 0 Å². The summed E-state index contributed by atoms with van der Waals surface area (Å²) in [6.45, 7) is 2.47. The van der Waals surface area contributed by atoms with Gasteiger partial charge in [0.15, 0.2) is 0 Å². The summed E-state index contributed by atoms with van der Waals surface area (Å²) >= 11 is 6.17. The fourth-order valence-electron chi connectivity index (χ4n) is 3.71. The Morgan fingerprint density at radius 3 is 2.88 bits per heavy atom. The number of ether oxygens (including phenoxy) is 1. The second-order valence-corrected chi connectivity index (χ2v) is 7.08. The lowest BCUT2D eigenvalue weighted by Gasteiger charge is -2.30. The van der Waals surface area contributed by atoms with E-state index in [1.807, 2.05) is 23.2 Å². The first-order valence-corrected chi connectivity index (χ1v) is 9.01. The Bertz CT molecular complexity index is 863. The Morgan fingerprint density at radius 2 is 2.12 bits per heavy atom. The van der Waals surface area contributed by atoms with Crippen molar-refractivity contribution < 1.29 is 14.3 Å². The standard InChI is InChI=1S/C19H20ClN3O3/c1-26-17-5-4-14(10-16(17)20)23-11-13(9-18(23)24)19(25)22-8-7-21-6-2-3-15(21)12-22/h2-6,10,13H,7-9,11-12H2,1H3. The highest BCUT2D eigenvalue weighted by Gasteiger charge is 2.38. The van der Waals surface area contributed by atoms with Crippen molar-refractivity contribution >= 4 is 29.1 Å². The minimum Gasteiger partial charge on any atom is -0.495 e. The lowest BCUT2D eigenvalue weighted by molar-refractivity contribution is -0.137. The van der Waals surface area contributed by atoms with Crippen molar-refractivity contribution in [2.75, 3.05) is 25.1 Å². The Hall–Kier alpha value is -2.47. The van der Waals surface area contributed by atoms with E-state index in [0.717, 1.165) is 12.2 Å². The summed E-state index contributed by atoms with van der Waals surface area (Å²) in [5.74, 6) is 0.244. The molecule has 2 amide bonds. The van der Waals surface area contributed by atoms with Gasteiger partial charge in [0.05, 0.1) is 24.6 Å². The number of carbonyl (C=O) groups excluding carboxylic acids is 2. The fourth-order valence-corrected chi connectivity index (χ4v) is 3.96. The van der Waals surface area contributed by atoms with Gasteiger partial charge in [-0.15, -0.1) is 0 Å². The number of anilines is 1. The summed E-state index contributed by atoms with van der Waals surface area (Å²) in [5, 5.41) is 0.448. The van der Waals surface area contributed by atoms with E-state index in [1.165, 1.54) is 0 Å². The van der Waals surface area contributed by atoms with Gasteiger partial charge in [0.25, 0.3) is 0 Å². The van der Waals surface area contributed by atoms with Crippen molar-refractivity contribution in [1.29, 1.82) is 0 Å². The van der Waals surface area contributed by atoms with Crippen molar-refractivity contribution in [3.63, 3.8) is 0 Å². The lowest BCUT2D eigenvalue weighted by Crippen LogP contribution is -2.42. The van der Waals surface area contributed by atoms with Gasteiger partial charge < -0.3 is 19.1 Å². The molecule has 2 aliphatic heterocycles. The quantitative estimate of drug-likeness (QED) is 0.830. The molecule has 0 spiro atoms. The molecule has 4 rings (SSSR count). The zero-order chi connectivity index (χ0) is 18.3. The summed E-state index contributed by atoms with van der Waals surface area (Å²) < 4.78 is 7.31. The Labute approximate surface area is 156 Å². The van der Waals surface area contributed by atoms with Gasteiger partial charge in [-0.1, -0.05) is 11.6 Å². The smallest absolute Gasteiger partial charge is 0.228 e. The zero-order valence-electron chi connectivity index (χ0n) is 14.5. The summed E-state index contributed by atoms with van der Waals surface area (Å²) in [6.07, 6.45) is 2.27. The van der Waals surface area contributed by atoms with E-state index in [2.05, 4.69) is 4.57 Å². The third kappa shape index (κ3) is 2.94. The van der Waals surface area contributed by atoms with Crippen LogP contribution in [0, 0.1) is 5.92 Å². The first-order valence-electron chi connectivity index (χ1n) is 8.63. The molecule has 0 bridgehead atoms. The molecule has 6 nitrogen and oxygen atoms in total. The number of hydrogen-bond acceptors (Lipinski definition) is 3. The molecule has 0 N–H and O–H groups in total. The highest BCUT2D eigenvalue weighted by Crippen LogP contribution is 2.33. The highest BCUT2D eigenvalue weighted by molar-refractivity contribution is 6.32. The summed E-state index contributed by atoms with van der Waals surface area (Å²) in [5.41, 5.74) is 1.83. The molecule has 136 valence electrons. The van der Waals surface area contributed by atoms with E-state index in [0.29, 0.717) is 36.1 Å². The van der Waals surface area contributed by atoms with Crippen LogP contribution in [0.2, 0.25) is 5.02 Å². The fraction of sp³-hybridized carbons (Fsp3) is 0.368. The predicted octanol–water partition coefficient (Wildman–Crippen LogP) is 2.55. The van der Waals surface area contributed by atoms with Crippen LogP contribution in [0.15, 0.2) is 36.5 Å². The number of aromatic nitrogens is 1. The van der Waals surface area contributed by atoms with Crippen LogP contribution in [0.4, 0.5) is 5.69 Å². The van der Waals surface area contributed by atoms with Gasteiger partial charge in [-0.25, -0.2) is 0 Å². The third-order valence-corrected chi connectivity index (χ3v) is 5.42. The Kier molecular flexibility index (Phi) is 4.36. The highest BCUT2D eigenvalue weighted by atomic mass is 35.5. The van der Waals surface area contributed by atoms with Crippen LogP contribution in [-0.4, -0.2) is 41.5 Å². The van der Waals surface area contributed by atoms with Gasteiger partial charge in [-0.2, -0.15) is 0 Å². The average Bonchev–Trinajstić information content (AvgIpc) is 3.26. The van der Waals surface area contributed by atoms with Crippen LogP contribution in [0.5, 0.6) is 5.75 Å². The Morgan fingerprint density at radius 1 is 1.27 bits per heavy atom. The van der Waals surface area contributed by atoms with Crippen molar-refractivity contribution in [3.8, 4) is 5.75 Å². The molecule has 3 heterocycles. The van der Waals surface area contributed by atoms with Gasteiger partial charge in [0.2, 0.25) is 11.8 Å². The predicted molar refractivity (Wildman–Crippen MR) is 98.3 cm³/mol. The number of benzene rings is 1. The van der Waals surface area contributed by atoms with Crippen LogP contribution in [0.3, 0.4) is 0 Å².